The van der Waals surface area contributed by atoms with Crippen molar-refractivity contribution in [1.29, 1.82) is 0 Å². The number of alkyl halides is 3. The number of aryl methyl sites for hydroxylation is 1. The first-order valence-corrected chi connectivity index (χ1v) is 10.7. The highest BCUT2D eigenvalue weighted by atomic mass is 19.4. The van der Waals surface area contributed by atoms with Gasteiger partial charge in [-0.2, -0.15) is 5.10 Å². The summed E-state index contributed by atoms with van der Waals surface area (Å²) in [5, 5.41) is 4.58. The van der Waals surface area contributed by atoms with Crippen molar-refractivity contribution in [2.24, 2.45) is 7.05 Å². The highest BCUT2D eigenvalue weighted by Gasteiger charge is 2.31. The van der Waals surface area contributed by atoms with E-state index in [4.69, 9.17) is 4.74 Å². The number of aromatic nitrogens is 2. The van der Waals surface area contributed by atoms with Gasteiger partial charge in [0.2, 0.25) is 0 Å². The second-order valence-electron chi connectivity index (χ2n) is 8.32. The molecule has 0 radical (unpaired) electrons. The number of hydrogen-bond donors (Lipinski definition) is 0. The first-order valence-electron chi connectivity index (χ1n) is 10.7. The normalized spacial score (nSPS) is 16.2. The number of halogens is 3. The number of benzene rings is 2. The summed E-state index contributed by atoms with van der Waals surface area (Å²) in [7, 11) is 1.89. The Morgan fingerprint density at radius 2 is 1.82 bits per heavy atom. The first kappa shape index (κ1) is 21.4. The fourth-order valence-corrected chi connectivity index (χ4v) is 3.99. The predicted molar refractivity (Wildman–Crippen MR) is 114 cm³/mol. The van der Waals surface area contributed by atoms with E-state index in [1.807, 2.05) is 11.7 Å². The molecule has 5 rings (SSSR count). The topological polar surface area (TPSA) is 56.6 Å². The van der Waals surface area contributed by atoms with E-state index in [-0.39, 0.29) is 11.7 Å². The molecule has 1 amide bonds. The van der Waals surface area contributed by atoms with Gasteiger partial charge in [-0.3, -0.25) is 9.48 Å². The lowest BCUT2D eigenvalue weighted by Gasteiger charge is -2.20. The minimum Gasteiger partial charge on any atom is -0.491 e. The molecule has 0 saturated heterocycles. The van der Waals surface area contributed by atoms with E-state index in [0.717, 1.165) is 24.2 Å². The maximum atomic E-state index is 13.4. The monoisotopic (exact) mass is 457 g/mol. The Kier molecular flexibility index (Phi) is 5.26. The van der Waals surface area contributed by atoms with E-state index in [1.54, 1.807) is 23.1 Å². The van der Waals surface area contributed by atoms with Gasteiger partial charge in [0.05, 0.1) is 30.0 Å². The second-order valence-corrected chi connectivity index (χ2v) is 8.32. The molecule has 0 unspecified atom stereocenters. The minimum absolute atomic E-state index is 0.157. The van der Waals surface area contributed by atoms with Crippen LogP contribution in [0.4, 0.5) is 13.2 Å². The molecular weight excluding hydrogens is 435 g/mol. The van der Waals surface area contributed by atoms with Crippen molar-refractivity contribution in [3.63, 3.8) is 0 Å². The van der Waals surface area contributed by atoms with Crippen LogP contribution in [-0.2, 0) is 13.6 Å². The number of hydrogen-bond acceptors (Lipinski definition) is 4. The smallest absolute Gasteiger partial charge is 0.491 e. The van der Waals surface area contributed by atoms with Crippen molar-refractivity contribution in [3.8, 4) is 22.6 Å². The number of carbonyl (C=O) groups is 1. The van der Waals surface area contributed by atoms with Crippen LogP contribution < -0.4 is 9.47 Å². The van der Waals surface area contributed by atoms with Crippen LogP contribution in [0.3, 0.4) is 0 Å². The van der Waals surface area contributed by atoms with Gasteiger partial charge in [-0.25, -0.2) is 0 Å². The van der Waals surface area contributed by atoms with E-state index in [9.17, 15) is 18.0 Å². The largest absolute Gasteiger partial charge is 0.573 e. The second kappa shape index (κ2) is 8.13. The first-order chi connectivity index (χ1) is 15.8. The molecule has 2 aromatic carbocycles. The third-order valence-corrected chi connectivity index (χ3v) is 5.88. The zero-order chi connectivity index (χ0) is 23.2. The van der Waals surface area contributed by atoms with Gasteiger partial charge in [-0.15, -0.1) is 13.2 Å². The lowest BCUT2D eigenvalue weighted by molar-refractivity contribution is -0.274. The van der Waals surface area contributed by atoms with Crippen LogP contribution >= 0.6 is 0 Å². The minimum atomic E-state index is -4.74. The predicted octanol–water partition coefficient (Wildman–Crippen LogP) is 4.90. The average Bonchev–Trinajstić information content (AvgIpc) is 3.57. The molecule has 2 aliphatic rings. The summed E-state index contributed by atoms with van der Waals surface area (Å²) in [4.78, 5) is 15.1. The van der Waals surface area contributed by atoms with Crippen LogP contribution in [0.25, 0.3) is 11.1 Å². The molecule has 0 N–H and O–H groups in total. The molecule has 0 atom stereocenters. The van der Waals surface area contributed by atoms with Crippen LogP contribution in [0.15, 0.2) is 48.5 Å². The lowest BCUT2D eigenvalue weighted by Crippen LogP contribution is -2.32. The van der Waals surface area contributed by atoms with Crippen LogP contribution in [0.1, 0.15) is 40.5 Å². The number of rotatable bonds is 5. The summed E-state index contributed by atoms with van der Waals surface area (Å²) in [5.74, 6) is 0.570. The van der Waals surface area contributed by atoms with E-state index < -0.39 is 6.36 Å². The van der Waals surface area contributed by atoms with Crippen molar-refractivity contribution in [2.45, 2.75) is 31.7 Å². The summed E-state index contributed by atoms with van der Waals surface area (Å²) in [6.07, 6.45) is -2.43. The summed E-state index contributed by atoms with van der Waals surface area (Å²) < 4.78 is 48.8. The molecule has 1 aliphatic carbocycles. The Morgan fingerprint density at radius 3 is 2.52 bits per heavy atom. The van der Waals surface area contributed by atoms with Crippen molar-refractivity contribution in [2.75, 3.05) is 13.2 Å². The number of fused-ring (bicyclic) bond motifs is 1. The van der Waals surface area contributed by atoms with Gasteiger partial charge in [0.1, 0.15) is 18.1 Å². The zero-order valence-corrected chi connectivity index (χ0v) is 17.9. The molecule has 1 aromatic heterocycles. The van der Waals surface area contributed by atoms with Crippen molar-refractivity contribution < 1.29 is 27.4 Å². The van der Waals surface area contributed by atoms with Gasteiger partial charge in [0.15, 0.2) is 0 Å². The van der Waals surface area contributed by atoms with Gasteiger partial charge < -0.3 is 14.4 Å². The molecule has 3 aromatic rings. The molecule has 1 fully saturated rings. The summed E-state index contributed by atoms with van der Waals surface area (Å²) in [6, 6.07) is 12.8. The third-order valence-electron chi connectivity index (χ3n) is 5.88. The fraction of sp³-hybridized carbons (Fsp3) is 0.333. The Bertz CT molecular complexity index is 1180. The Labute approximate surface area is 188 Å². The van der Waals surface area contributed by atoms with Crippen LogP contribution in [-0.4, -0.2) is 40.1 Å². The molecule has 9 heteroatoms. The molecule has 2 heterocycles. The molecular formula is C24H22F3N3O3. The van der Waals surface area contributed by atoms with Gasteiger partial charge in [-0.05, 0) is 54.3 Å². The van der Waals surface area contributed by atoms with E-state index in [2.05, 4.69) is 15.9 Å². The third kappa shape index (κ3) is 4.67. The fourth-order valence-electron chi connectivity index (χ4n) is 3.99. The van der Waals surface area contributed by atoms with E-state index >= 15 is 0 Å². The van der Waals surface area contributed by atoms with Crippen molar-refractivity contribution in [3.05, 3.63) is 65.5 Å². The summed E-state index contributed by atoms with van der Waals surface area (Å²) in [6.45, 7) is 1.23. The molecule has 33 heavy (non-hydrogen) atoms. The van der Waals surface area contributed by atoms with E-state index in [0.29, 0.717) is 48.1 Å². The molecule has 172 valence electrons. The maximum absolute atomic E-state index is 13.4. The Balaban J connectivity index is 1.38. The molecule has 0 spiro atoms. The van der Waals surface area contributed by atoms with Crippen LogP contribution in [0.2, 0.25) is 0 Å². The highest BCUT2D eigenvalue weighted by molar-refractivity contribution is 5.98. The molecule has 0 bridgehead atoms. The SMILES string of the molecule is Cn1nc(C2CC2)cc1CN1CCOc2ccc(-c3ccc(OC(F)(F)F)cc3)cc2C1=O. The number of nitrogens with zero attached hydrogens (tertiary/aromatic N) is 3. The zero-order valence-electron chi connectivity index (χ0n) is 17.9. The highest BCUT2D eigenvalue weighted by Crippen LogP contribution is 2.39. The number of ether oxygens (including phenoxy) is 2. The van der Waals surface area contributed by atoms with Gasteiger partial charge in [0.25, 0.3) is 5.91 Å². The Hall–Kier alpha value is -3.49. The molecule has 1 aliphatic heterocycles. The quantitative estimate of drug-likeness (QED) is 0.547. The molecule has 6 nitrogen and oxygen atoms in total. The summed E-state index contributed by atoms with van der Waals surface area (Å²) >= 11 is 0. The van der Waals surface area contributed by atoms with Crippen LogP contribution in [0, 0.1) is 0 Å². The standard InChI is InChI=1S/C24H22F3N3O3/c1-29-18(13-21(28-29)16-2-3-16)14-30-10-11-32-22-9-6-17(12-20(22)23(30)31)15-4-7-19(8-5-15)33-24(25,26)27/h4-9,12-13,16H,2-3,10-11,14H2,1H3. The van der Waals surface area contributed by atoms with Gasteiger partial charge in [-0.1, -0.05) is 18.2 Å². The summed E-state index contributed by atoms with van der Waals surface area (Å²) in [5.41, 5.74) is 3.82. The van der Waals surface area contributed by atoms with Gasteiger partial charge in [0, 0.05) is 13.0 Å². The molecule has 1 saturated carbocycles. The van der Waals surface area contributed by atoms with Gasteiger partial charge >= 0.3 is 6.36 Å². The maximum Gasteiger partial charge on any atom is 0.573 e. The Morgan fingerprint density at radius 1 is 1.09 bits per heavy atom. The van der Waals surface area contributed by atoms with Crippen molar-refractivity contribution >= 4 is 5.91 Å². The number of amides is 1. The van der Waals surface area contributed by atoms with Crippen LogP contribution in [0.5, 0.6) is 11.5 Å². The number of carbonyl (C=O) groups excluding carboxylic acids is 1. The van der Waals surface area contributed by atoms with E-state index in [1.165, 1.54) is 24.3 Å². The lowest BCUT2D eigenvalue weighted by atomic mass is 10.0. The average molecular weight is 457 g/mol. The van der Waals surface area contributed by atoms with Crippen molar-refractivity contribution in [1.82, 2.24) is 14.7 Å².